The van der Waals surface area contributed by atoms with Crippen LogP contribution in [-0.4, -0.2) is 15.9 Å². The lowest BCUT2D eigenvalue weighted by atomic mass is 10.1. The van der Waals surface area contributed by atoms with Crippen molar-refractivity contribution < 1.29 is 9.21 Å². The highest BCUT2D eigenvalue weighted by molar-refractivity contribution is 7.15. The summed E-state index contributed by atoms with van der Waals surface area (Å²) >= 11 is 19.9. The Hall–Kier alpha value is -3.68. The zero-order valence-electron chi connectivity index (χ0n) is 20.1. The number of carbonyl (C=O) groups is 1. The van der Waals surface area contributed by atoms with Gasteiger partial charge in [-0.05, 0) is 54.1 Å². The maximum Gasteiger partial charge on any atom is 0.258 e. The van der Waals surface area contributed by atoms with E-state index in [0.717, 1.165) is 21.4 Å². The van der Waals surface area contributed by atoms with E-state index in [1.54, 1.807) is 18.3 Å². The van der Waals surface area contributed by atoms with Gasteiger partial charge in [0, 0.05) is 28.4 Å². The summed E-state index contributed by atoms with van der Waals surface area (Å²) in [5.41, 5.74) is 3.47. The van der Waals surface area contributed by atoms with Crippen LogP contribution in [0.3, 0.4) is 0 Å². The third-order valence-corrected chi connectivity index (χ3v) is 8.08. The number of anilines is 1. The molecule has 0 unspecified atom stereocenters. The highest BCUT2D eigenvalue weighted by Gasteiger charge is 2.18. The van der Waals surface area contributed by atoms with Gasteiger partial charge in [0.1, 0.15) is 11.5 Å². The van der Waals surface area contributed by atoms with Crippen LogP contribution >= 0.6 is 46.1 Å². The largest absolute Gasteiger partial charge is 0.454 e. The topological polar surface area (TPSA) is 68.0 Å². The number of hydrogen-bond acceptors (Lipinski definition) is 5. The Bertz CT molecular complexity index is 1850. The molecule has 0 fully saturated rings. The molecule has 9 heteroatoms. The van der Waals surface area contributed by atoms with Crippen molar-refractivity contribution in [2.45, 2.75) is 6.42 Å². The lowest BCUT2D eigenvalue weighted by molar-refractivity contribution is 0.102. The third-order valence-electron chi connectivity index (χ3n) is 6.09. The van der Waals surface area contributed by atoms with Gasteiger partial charge in [-0.1, -0.05) is 71.2 Å². The summed E-state index contributed by atoms with van der Waals surface area (Å²) in [5, 5.41) is 5.77. The number of benzene rings is 3. The van der Waals surface area contributed by atoms with Gasteiger partial charge < -0.3 is 4.42 Å². The molecule has 39 heavy (non-hydrogen) atoms. The number of hydrogen-bond donors (Lipinski definition) is 1. The molecule has 0 saturated heterocycles. The minimum Gasteiger partial charge on any atom is -0.454 e. The molecule has 6 aromatic rings. The summed E-state index contributed by atoms with van der Waals surface area (Å²) in [4.78, 5) is 23.6. The van der Waals surface area contributed by atoms with Crippen LogP contribution in [0.5, 0.6) is 0 Å². The van der Waals surface area contributed by atoms with Gasteiger partial charge in [-0.3, -0.25) is 10.1 Å². The fraction of sp³-hybridized carbons (Fsp3) is 0.0333. The van der Waals surface area contributed by atoms with Crippen molar-refractivity contribution in [1.82, 2.24) is 9.97 Å². The molecule has 0 aliphatic carbocycles. The van der Waals surface area contributed by atoms with Gasteiger partial charge in [-0.2, -0.15) is 0 Å². The average molecular weight is 591 g/mol. The molecule has 0 atom stereocenters. The van der Waals surface area contributed by atoms with Crippen molar-refractivity contribution in [3.63, 3.8) is 0 Å². The molecular weight excluding hydrogens is 573 g/mol. The number of carbonyl (C=O) groups excluding carboxylic acids is 1. The van der Waals surface area contributed by atoms with Crippen LogP contribution in [0.25, 0.3) is 33.7 Å². The summed E-state index contributed by atoms with van der Waals surface area (Å²) in [7, 11) is 0. The van der Waals surface area contributed by atoms with Crippen LogP contribution in [0.1, 0.15) is 20.8 Å². The second-order valence-electron chi connectivity index (χ2n) is 8.73. The maximum atomic E-state index is 13.5. The van der Waals surface area contributed by atoms with Crippen LogP contribution in [0, 0.1) is 0 Å². The van der Waals surface area contributed by atoms with Crippen LogP contribution < -0.4 is 5.32 Å². The minimum atomic E-state index is -0.289. The van der Waals surface area contributed by atoms with E-state index in [1.807, 2.05) is 72.8 Å². The molecule has 3 heterocycles. The molecule has 3 aromatic carbocycles. The molecule has 1 amide bonds. The standard InChI is InChI=1S/C30H18Cl3N3O2S/c31-22-7-3-1-6-20(22)27-11-12-28(38-27)26-15-21(19-5-2-4-8-25(19)35-26)29(37)36-30-34-16-18(39-30)13-17-9-10-23(32)24(33)14-17/h1-12,14-16H,13H2,(H,34,36,37). The van der Waals surface area contributed by atoms with Crippen molar-refractivity contribution in [2.24, 2.45) is 0 Å². The number of rotatable bonds is 6. The smallest absolute Gasteiger partial charge is 0.258 e. The van der Waals surface area contributed by atoms with Crippen LogP contribution in [0.4, 0.5) is 5.13 Å². The van der Waals surface area contributed by atoms with Gasteiger partial charge in [-0.15, -0.1) is 11.3 Å². The molecule has 0 bridgehead atoms. The second-order valence-corrected chi connectivity index (χ2v) is 11.1. The maximum absolute atomic E-state index is 13.5. The number of thiazole rings is 1. The summed E-state index contributed by atoms with van der Waals surface area (Å²) < 4.78 is 6.11. The van der Waals surface area contributed by atoms with E-state index < -0.39 is 0 Å². The van der Waals surface area contributed by atoms with Gasteiger partial charge >= 0.3 is 0 Å². The average Bonchev–Trinajstić information content (AvgIpc) is 3.60. The zero-order chi connectivity index (χ0) is 26.9. The van der Waals surface area contributed by atoms with E-state index in [4.69, 9.17) is 44.2 Å². The first-order valence-electron chi connectivity index (χ1n) is 11.9. The first kappa shape index (κ1) is 25.6. The molecule has 0 aliphatic heterocycles. The molecule has 192 valence electrons. The van der Waals surface area contributed by atoms with Crippen LogP contribution in [0.2, 0.25) is 15.1 Å². The van der Waals surface area contributed by atoms with Crippen molar-refractivity contribution in [1.29, 1.82) is 0 Å². The number of pyridine rings is 1. The predicted molar refractivity (Wildman–Crippen MR) is 159 cm³/mol. The van der Waals surface area contributed by atoms with E-state index in [0.29, 0.717) is 54.9 Å². The molecule has 0 aliphatic rings. The number of nitrogens with one attached hydrogen (secondary N) is 1. The Morgan fingerprint density at radius 3 is 2.49 bits per heavy atom. The SMILES string of the molecule is O=C(Nc1ncc(Cc2ccc(Cl)c(Cl)c2)s1)c1cc(-c2ccc(-c3ccccc3Cl)o2)nc2ccccc12. The van der Waals surface area contributed by atoms with Crippen molar-refractivity contribution in [2.75, 3.05) is 5.32 Å². The van der Waals surface area contributed by atoms with E-state index in [2.05, 4.69) is 10.3 Å². The van der Waals surface area contributed by atoms with Gasteiger partial charge in [0.15, 0.2) is 10.9 Å². The fourth-order valence-corrected chi connectivity index (χ4v) is 5.62. The normalized spacial score (nSPS) is 11.2. The number of fused-ring (bicyclic) bond motifs is 1. The number of nitrogens with zero attached hydrogens (tertiary/aromatic N) is 2. The molecular formula is C30H18Cl3N3O2S. The van der Waals surface area contributed by atoms with E-state index in [1.165, 1.54) is 11.3 Å². The number of furan rings is 1. The highest BCUT2D eigenvalue weighted by atomic mass is 35.5. The van der Waals surface area contributed by atoms with Gasteiger partial charge in [0.05, 0.1) is 26.1 Å². The number of halogens is 3. The second kappa shape index (κ2) is 10.8. The Kier molecular flexibility index (Phi) is 7.11. The monoisotopic (exact) mass is 589 g/mol. The van der Waals surface area contributed by atoms with Crippen molar-refractivity contribution >= 4 is 68.1 Å². The summed E-state index contributed by atoms with van der Waals surface area (Å²) in [5.74, 6) is 0.861. The Labute approximate surface area is 243 Å². The van der Waals surface area contributed by atoms with Gasteiger partial charge in [0.25, 0.3) is 5.91 Å². The van der Waals surface area contributed by atoms with Crippen LogP contribution in [-0.2, 0) is 6.42 Å². The lowest BCUT2D eigenvalue weighted by Crippen LogP contribution is -2.12. The third kappa shape index (κ3) is 5.42. The minimum absolute atomic E-state index is 0.289. The summed E-state index contributed by atoms with van der Waals surface area (Å²) in [6, 6.07) is 25.9. The first-order valence-corrected chi connectivity index (χ1v) is 13.8. The van der Waals surface area contributed by atoms with Crippen molar-refractivity contribution in [3.8, 4) is 22.8 Å². The highest BCUT2D eigenvalue weighted by Crippen LogP contribution is 2.34. The quantitative estimate of drug-likeness (QED) is 0.210. The first-order chi connectivity index (χ1) is 18.9. The predicted octanol–water partition coefficient (Wildman–Crippen LogP) is 9.42. The molecule has 1 N–H and O–H groups in total. The number of amides is 1. The fourth-order valence-electron chi connectivity index (χ4n) is 4.23. The van der Waals surface area contributed by atoms with E-state index in [9.17, 15) is 4.79 Å². The molecule has 0 saturated carbocycles. The molecule has 5 nitrogen and oxygen atoms in total. The molecule has 0 spiro atoms. The van der Waals surface area contributed by atoms with E-state index in [-0.39, 0.29) is 5.91 Å². The molecule has 6 rings (SSSR count). The van der Waals surface area contributed by atoms with Crippen LogP contribution in [0.15, 0.2) is 95.5 Å². The Balaban J connectivity index is 1.29. The number of aromatic nitrogens is 2. The summed E-state index contributed by atoms with van der Waals surface area (Å²) in [6.07, 6.45) is 2.37. The van der Waals surface area contributed by atoms with E-state index >= 15 is 0 Å². The van der Waals surface area contributed by atoms with Gasteiger partial charge in [0.2, 0.25) is 0 Å². The van der Waals surface area contributed by atoms with Crippen molar-refractivity contribution in [3.05, 3.63) is 122 Å². The summed E-state index contributed by atoms with van der Waals surface area (Å²) in [6.45, 7) is 0. The van der Waals surface area contributed by atoms with Gasteiger partial charge in [-0.25, -0.2) is 9.97 Å². The lowest BCUT2D eigenvalue weighted by Gasteiger charge is -2.08. The zero-order valence-corrected chi connectivity index (χ0v) is 23.2. The number of para-hydroxylation sites is 1. The molecule has 3 aromatic heterocycles. The molecule has 0 radical (unpaired) electrons. The Morgan fingerprint density at radius 2 is 1.64 bits per heavy atom. The Morgan fingerprint density at radius 1 is 0.846 bits per heavy atom.